The summed E-state index contributed by atoms with van der Waals surface area (Å²) in [6.07, 6.45) is 2.52. The molecule has 1 aromatic carbocycles. The van der Waals surface area contributed by atoms with Crippen molar-refractivity contribution in [3.63, 3.8) is 0 Å². The summed E-state index contributed by atoms with van der Waals surface area (Å²) in [7, 11) is 0. The van der Waals surface area contributed by atoms with Crippen LogP contribution in [-0.4, -0.2) is 18.7 Å². The minimum atomic E-state index is 0.316. The molecule has 0 bridgehead atoms. The van der Waals surface area contributed by atoms with E-state index in [1.165, 1.54) is 12.0 Å². The maximum absolute atomic E-state index is 5.84. The first-order valence-electron chi connectivity index (χ1n) is 5.77. The van der Waals surface area contributed by atoms with Gasteiger partial charge in [-0.15, -0.1) is 0 Å². The topological polar surface area (TPSA) is 21.3 Å². The van der Waals surface area contributed by atoms with E-state index in [1.54, 1.807) is 0 Å². The molecule has 1 N–H and O–H groups in total. The predicted octanol–water partition coefficient (Wildman–Crippen LogP) is 2.38. The maximum atomic E-state index is 5.84. The van der Waals surface area contributed by atoms with Gasteiger partial charge in [-0.3, -0.25) is 0 Å². The number of fused-ring (bicyclic) bond motifs is 1. The normalized spacial score (nSPS) is 20.8. The molecule has 0 saturated heterocycles. The fraction of sp³-hybridized carbons (Fsp3) is 0.538. The van der Waals surface area contributed by atoms with E-state index in [9.17, 15) is 0 Å². The third kappa shape index (κ3) is 2.51. The van der Waals surface area contributed by atoms with E-state index in [1.807, 2.05) is 6.07 Å². The lowest BCUT2D eigenvalue weighted by Crippen LogP contribution is -2.35. The molecular formula is C13H19NO. The van der Waals surface area contributed by atoms with E-state index in [0.29, 0.717) is 12.1 Å². The third-order valence-corrected chi connectivity index (χ3v) is 3.02. The van der Waals surface area contributed by atoms with Gasteiger partial charge in [0.15, 0.2) is 0 Å². The molecule has 0 spiro atoms. The summed E-state index contributed by atoms with van der Waals surface area (Å²) in [4.78, 5) is 0. The monoisotopic (exact) mass is 205 g/mol. The van der Waals surface area contributed by atoms with E-state index in [0.717, 1.165) is 18.7 Å². The summed E-state index contributed by atoms with van der Waals surface area (Å²) >= 11 is 0. The zero-order valence-corrected chi connectivity index (χ0v) is 9.49. The first-order chi connectivity index (χ1) is 7.29. The Morgan fingerprint density at radius 3 is 3.00 bits per heavy atom. The Morgan fingerprint density at radius 2 is 2.27 bits per heavy atom. The van der Waals surface area contributed by atoms with Gasteiger partial charge in [-0.25, -0.2) is 0 Å². The van der Waals surface area contributed by atoms with Crippen LogP contribution in [0.1, 0.15) is 25.8 Å². The fourth-order valence-corrected chi connectivity index (χ4v) is 1.84. The van der Waals surface area contributed by atoms with Crippen molar-refractivity contribution in [3.05, 3.63) is 29.8 Å². The number of nitrogens with one attached hydrogen (secondary N) is 1. The van der Waals surface area contributed by atoms with Crippen LogP contribution in [0, 0.1) is 0 Å². The zero-order chi connectivity index (χ0) is 10.7. The highest BCUT2D eigenvalue weighted by molar-refractivity contribution is 5.37. The largest absolute Gasteiger partial charge is 0.488 e. The molecule has 1 aliphatic heterocycles. The number of ether oxygens (including phenoxy) is 1. The van der Waals surface area contributed by atoms with Crippen LogP contribution in [0.15, 0.2) is 24.3 Å². The average molecular weight is 205 g/mol. The molecular weight excluding hydrogens is 186 g/mol. The number of para-hydroxylation sites is 1. The second kappa shape index (κ2) is 4.67. The van der Waals surface area contributed by atoms with E-state index in [2.05, 4.69) is 37.4 Å². The standard InChI is InChI=1S/C13H19NO/c1-3-10(2)14-9-12-8-11-6-4-5-7-13(11)15-12/h4-7,10,12,14H,3,8-9H2,1-2H3. The Hall–Kier alpha value is -1.02. The lowest BCUT2D eigenvalue weighted by Gasteiger charge is -2.15. The number of hydrogen-bond acceptors (Lipinski definition) is 2. The maximum Gasteiger partial charge on any atom is 0.123 e. The highest BCUT2D eigenvalue weighted by Gasteiger charge is 2.21. The molecule has 2 rings (SSSR count). The summed E-state index contributed by atoms with van der Waals surface area (Å²) in [6, 6.07) is 8.89. The van der Waals surface area contributed by atoms with Gasteiger partial charge >= 0.3 is 0 Å². The van der Waals surface area contributed by atoms with Crippen molar-refractivity contribution >= 4 is 0 Å². The molecule has 0 radical (unpaired) electrons. The first kappa shape index (κ1) is 10.5. The van der Waals surface area contributed by atoms with E-state index in [4.69, 9.17) is 4.74 Å². The van der Waals surface area contributed by atoms with E-state index < -0.39 is 0 Å². The first-order valence-corrected chi connectivity index (χ1v) is 5.77. The molecule has 2 nitrogen and oxygen atoms in total. The molecule has 0 fully saturated rings. The van der Waals surface area contributed by atoms with Crippen LogP contribution < -0.4 is 10.1 Å². The van der Waals surface area contributed by atoms with Gasteiger partial charge in [-0.1, -0.05) is 25.1 Å². The van der Waals surface area contributed by atoms with Crippen LogP contribution >= 0.6 is 0 Å². The fourth-order valence-electron chi connectivity index (χ4n) is 1.84. The minimum absolute atomic E-state index is 0.316. The Balaban J connectivity index is 1.85. The Kier molecular flexibility index (Phi) is 3.27. The number of hydrogen-bond donors (Lipinski definition) is 1. The average Bonchev–Trinajstić information content (AvgIpc) is 2.68. The molecule has 0 aliphatic carbocycles. The van der Waals surface area contributed by atoms with E-state index in [-0.39, 0.29) is 0 Å². The van der Waals surface area contributed by atoms with Crippen LogP contribution in [0.5, 0.6) is 5.75 Å². The molecule has 1 aliphatic rings. The minimum Gasteiger partial charge on any atom is -0.488 e. The van der Waals surface area contributed by atoms with Crippen LogP contribution in [0.4, 0.5) is 0 Å². The predicted molar refractivity (Wildman–Crippen MR) is 62.3 cm³/mol. The van der Waals surface area contributed by atoms with Gasteiger partial charge in [0.25, 0.3) is 0 Å². The summed E-state index contributed by atoms with van der Waals surface area (Å²) in [5.41, 5.74) is 1.34. The van der Waals surface area contributed by atoms with Crippen molar-refractivity contribution in [2.75, 3.05) is 6.54 Å². The molecule has 2 unspecified atom stereocenters. The number of rotatable bonds is 4. The SMILES string of the molecule is CCC(C)NCC1Cc2ccccc2O1. The van der Waals surface area contributed by atoms with Crippen LogP contribution in [0.2, 0.25) is 0 Å². The summed E-state index contributed by atoms with van der Waals surface area (Å²) in [6.45, 7) is 5.35. The van der Waals surface area contributed by atoms with Crippen LogP contribution in [0.3, 0.4) is 0 Å². The Bertz CT molecular complexity index is 299. The highest BCUT2D eigenvalue weighted by Crippen LogP contribution is 2.27. The lowest BCUT2D eigenvalue weighted by molar-refractivity contribution is 0.222. The second-order valence-corrected chi connectivity index (χ2v) is 4.27. The van der Waals surface area contributed by atoms with Crippen molar-refractivity contribution in [3.8, 4) is 5.75 Å². The van der Waals surface area contributed by atoms with Gasteiger partial charge in [0.05, 0.1) is 0 Å². The molecule has 2 atom stereocenters. The zero-order valence-electron chi connectivity index (χ0n) is 9.49. The molecule has 2 heteroatoms. The van der Waals surface area contributed by atoms with Gasteiger partial charge in [0.2, 0.25) is 0 Å². The molecule has 1 heterocycles. The van der Waals surface area contributed by atoms with Crippen LogP contribution in [0.25, 0.3) is 0 Å². The lowest BCUT2D eigenvalue weighted by atomic mass is 10.1. The van der Waals surface area contributed by atoms with Crippen LogP contribution in [-0.2, 0) is 6.42 Å². The van der Waals surface area contributed by atoms with Gasteiger partial charge in [-0.05, 0) is 25.0 Å². The van der Waals surface area contributed by atoms with Gasteiger partial charge in [0, 0.05) is 19.0 Å². The smallest absolute Gasteiger partial charge is 0.123 e. The molecule has 0 saturated carbocycles. The molecule has 15 heavy (non-hydrogen) atoms. The molecule has 82 valence electrons. The van der Waals surface area contributed by atoms with Crippen molar-refractivity contribution in [2.24, 2.45) is 0 Å². The number of benzene rings is 1. The van der Waals surface area contributed by atoms with Gasteiger partial charge < -0.3 is 10.1 Å². The van der Waals surface area contributed by atoms with Gasteiger partial charge in [-0.2, -0.15) is 0 Å². The highest BCUT2D eigenvalue weighted by atomic mass is 16.5. The molecule has 1 aromatic rings. The van der Waals surface area contributed by atoms with Crippen molar-refractivity contribution < 1.29 is 4.74 Å². The van der Waals surface area contributed by atoms with Crippen molar-refractivity contribution in [1.29, 1.82) is 0 Å². The Morgan fingerprint density at radius 1 is 1.47 bits per heavy atom. The third-order valence-electron chi connectivity index (χ3n) is 3.02. The summed E-state index contributed by atoms with van der Waals surface area (Å²) in [5.74, 6) is 1.06. The van der Waals surface area contributed by atoms with E-state index >= 15 is 0 Å². The molecule has 0 aromatic heterocycles. The summed E-state index contributed by atoms with van der Waals surface area (Å²) in [5, 5.41) is 3.48. The quantitative estimate of drug-likeness (QED) is 0.815. The van der Waals surface area contributed by atoms with Crippen molar-refractivity contribution in [1.82, 2.24) is 5.32 Å². The van der Waals surface area contributed by atoms with Gasteiger partial charge in [0.1, 0.15) is 11.9 Å². The van der Waals surface area contributed by atoms with Crippen molar-refractivity contribution in [2.45, 2.75) is 38.8 Å². The second-order valence-electron chi connectivity index (χ2n) is 4.27. The molecule has 0 amide bonds. The summed E-state index contributed by atoms with van der Waals surface area (Å²) < 4.78 is 5.84. The Labute approximate surface area is 91.6 Å².